The van der Waals surface area contributed by atoms with Crippen LogP contribution in [-0.4, -0.2) is 19.2 Å². The van der Waals surface area contributed by atoms with E-state index in [2.05, 4.69) is 61.5 Å². The molecular formula is C27H34O3. The molecule has 0 bridgehead atoms. The van der Waals surface area contributed by atoms with E-state index in [0.29, 0.717) is 12.5 Å². The Bertz CT molecular complexity index is 818. The van der Waals surface area contributed by atoms with Gasteiger partial charge in [0.05, 0.1) is 13.2 Å². The minimum atomic E-state index is -0.136. The Balaban J connectivity index is 1.55. The molecule has 160 valence electrons. The number of ether oxygens (including phenoxy) is 2. The highest BCUT2D eigenvalue weighted by atomic mass is 16.5. The van der Waals surface area contributed by atoms with Crippen LogP contribution in [-0.2, 0) is 9.53 Å². The van der Waals surface area contributed by atoms with Gasteiger partial charge in [0.25, 0.3) is 0 Å². The van der Waals surface area contributed by atoms with Gasteiger partial charge >= 0.3 is 5.97 Å². The molecule has 3 nitrogen and oxygen atoms in total. The Labute approximate surface area is 181 Å². The van der Waals surface area contributed by atoms with E-state index >= 15 is 0 Å². The van der Waals surface area contributed by atoms with E-state index in [-0.39, 0.29) is 5.97 Å². The molecule has 2 aromatic rings. The molecule has 1 unspecified atom stereocenters. The van der Waals surface area contributed by atoms with Gasteiger partial charge < -0.3 is 9.47 Å². The van der Waals surface area contributed by atoms with Crippen molar-refractivity contribution in [2.24, 2.45) is 0 Å². The molecule has 0 saturated heterocycles. The van der Waals surface area contributed by atoms with Gasteiger partial charge in [-0.15, -0.1) is 0 Å². The van der Waals surface area contributed by atoms with Crippen LogP contribution in [0.2, 0.25) is 0 Å². The number of hydrogen-bond acceptors (Lipinski definition) is 3. The lowest BCUT2D eigenvalue weighted by molar-refractivity contribution is -0.139. The molecule has 3 heteroatoms. The lowest BCUT2D eigenvalue weighted by Crippen LogP contribution is -2.13. The van der Waals surface area contributed by atoms with Crippen molar-refractivity contribution in [3.63, 3.8) is 0 Å². The third-order valence-corrected chi connectivity index (χ3v) is 5.70. The second-order valence-electron chi connectivity index (χ2n) is 8.04. The van der Waals surface area contributed by atoms with Crippen LogP contribution < -0.4 is 4.74 Å². The lowest BCUT2D eigenvalue weighted by atomic mass is 9.84. The quantitative estimate of drug-likeness (QED) is 0.313. The molecule has 0 radical (unpaired) electrons. The third kappa shape index (κ3) is 6.22. The Morgan fingerprint density at radius 2 is 1.60 bits per heavy atom. The van der Waals surface area contributed by atoms with E-state index in [9.17, 15) is 4.79 Å². The first kappa shape index (κ1) is 22.1. The average Bonchev–Trinajstić information content (AvgIpc) is 2.81. The molecule has 1 atom stereocenters. The fourth-order valence-corrected chi connectivity index (χ4v) is 3.84. The van der Waals surface area contributed by atoms with Crippen molar-refractivity contribution in [3.05, 3.63) is 65.7 Å². The van der Waals surface area contributed by atoms with Gasteiger partial charge in [0, 0.05) is 5.57 Å². The molecule has 0 N–H and O–H groups in total. The molecular weight excluding hydrogens is 372 g/mol. The average molecular weight is 407 g/mol. The summed E-state index contributed by atoms with van der Waals surface area (Å²) < 4.78 is 11.1. The van der Waals surface area contributed by atoms with Crippen molar-refractivity contribution in [3.8, 4) is 16.9 Å². The second-order valence-corrected chi connectivity index (χ2v) is 8.04. The van der Waals surface area contributed by atoms with Gasteiger partial charge in [0.2, 0.25) is 0 Å². The summed E-state index contributed by atoms with van der Waals surface area (Å²) >= 11 is 0. The van der Waals surface area contributed by atoms with Crippen LogP contribution >= 0.6 is 0 Å². The van der Waals surface area contributed by atoms with Crippen molar-refractivity contribution < 1.29 is 14.3 Å². The summed E-state index contributed by atoms with van der Waals surface area (Å²) in [7, 11) is 0. The Hall–Kier alpha value is -2.55. The standard InChI is InChI=1S/C27H34O3/c1-3-5-6-20-29-26-17-15-24(16-18-26)22-9-7-21(8-10-22)23-11-13-25(14-12-23)27(28)30-19-4-2/h7-10,13,15-18,23H,3-6,11-12,14,19-20H2,1-2H3. The van der Waals surface area contributed by atoms with E-state index in [4.69, 9.17) is 9.47 Å². The fraction of sp³-hybridized carbons (Fsp3) is 0.444. The second kappa shape index (κ2) is 11.6. The molecule has 3 rings (SSSR count). The monoisotopic (exact) mass is 406 g/mol. The maximum absolute atomic E-state index is 12.0. The lowest BCUT2D eigenvalue weighted by Gasteiger charge is -2.22. The van der Waals surface area contributed by atoms with Gasteiger partial charge in [-0.05, 0) is 66.8 Å². The first-order valence-electron chi connectivity index (χ1n) is 11.4. The summed E-state index contributed by atoms with van der Waals surface area (Å²) in [5, 5.41) is 0. The maximum atomic E-state index is 12.0. The predicted molar refractivity (Wildman–Crippen MR) is 123 cm³/mol. The normalized spacial score (nSPS) is 16.1. The zero-order valence-corrected chi connectivity index (χ0v) is 18.4. The largest absolute Gasteiger partial charge is 0.494 e. The topological polar surface area (TPSA) is 35.5 Å². The van der Waals surface area contributed by atoms with Gasteiger partial charge in [-0.2, -0.15) is 0 Å². The number of benzene rings is 2. The molecule has 0 amide bonds. The Morgan fingerprint density at radius 3 is 2.20 bits per heavy atom. The number of carbonyl (C=O) groups is 1. The summed E-state index contributed by atoms with van der Waals surface area (Å²) in [6.45, 7) is 5.51. The van der Waals surface area contributed by atoms with Crippen LogP contribution in [0.3, 0.4) is 0 Å². The number of esters is 1. The van der Waals surface area contributed by atoms with Crippen LogP contribution in [0.4, 0.5) is 0 Å². The van der Waals surface area contributed by atoms with E-state index in [1.165, 1.54) is 29.5 Å². The highest BCUT2D eigenvalue weighted by molar-refractivity contribution is 5.88. The van der Waals surface area contributed by atoms with E-state index in [1.807, 2.05) is 6.92 Å². The van der Waals surface area contributed by atoms with E-state index < -0.39 is 0 Å². The molecule has 0 aromatic heterocycles. The van der Waals surface area contributed by atoms with Gasteiger partial charge in [0.15, 0.2) is 0 Å². The highest BCUT2D eigenvalue weighted by Gasteiger charge is 2.20. The maximum Gasteiger partial charge on any atom is 0.333 e. The predicted octanol–water partition coefficient (Wildman–Crippen LogP) is 7.07. The van der Waals surface area contributed by atoms with Crippen LogP contribution in [0.15, 0.2) is 60.2 Å². The molecule has 0 spiro atoms. The number of carbonyl (C=O) groups excluding carboxylic acids is 1. The first-order valence-corrected chi connectivity index (χ1v) is 11.4. The summed E-state index contributed by atoms with van der Waals surface area (Å²) in [6.07, 6.45) is 9.16. The molecule has 1 aliphatic carbocycles. The molecule has 0 heterocycles. The number of hydrogen-bond donors (Lipinski definition) is 0. The Morgan fingerprint density at radius 1 is 0.900 bits per heavy atom. The SMILES string of the molecule is CCCCCOc1ccc(-c2ccc(C3CC=C(C(=O)OCCC)CC3)cc2)cc1. The zero-order chi connectivity index (χ0) is 21.2. The smallest absolute Gasteiger partial charge is 0.333 e. The van der Waals surface area contributed by atoms with Gasteiger partial charge in [0.1, 0.15) is 5.75 Å². The first-order chi connectivity index (χ1) is 14.7. The molecule has 1 aliphatic rings. The summed E-state index contributed by atoms with van der Waals surface area (Å²) in [5.74, 6) is 1.28. The van der Waals surface area contributed by atoms with Crippen LogP contribution in [0.1, 0.15) is 70.3 Å². The zero-order valence-electron chi connectivity index (χ0n) is 18.4. The van der Waals surface area contributed by atoms with Gasteiger partial charge in [-0.3, -0.25) is 0 Å². The van der Waals surface area contributed by atoms with Crippen molar-refractivity contribution in [1.82, 2.24) is 0 Å². The van der Waals surface area contributed by atoms with Gasteiger partial charge in [-0.25, -0.2) is 4.79 Å². The summed E-state index contributed by atoms with van der Waals surface area (Å²) in [6, 6.07) is 17.2. The molecule has 30 heavy (non-hydrogen) atoms. The van der Waals surface area contributed by atoms with Crippen molar-refractivity contribution >= 4 is 5.97 Å². The summed E-state index contributed by atoms with van der Waals surface area (Å²) in [5.41, 5.74) is 4.60. The van der Waals surface area contributed by atoms with E-state index in [0.717, 1.165) is 50.0 Å². The van der Waals surface area contributed by atoms with Crippen molar-refractivity contribution in [1.29, 1.82) is 0 Å². The third-order valence-electron chi connectivity index (χ3n) is 5.70. The van der Waals surface area contributed by atoms with Crippen LogP contribution in [0.5, 0.6) is 5.75 Å². The van der Waals surface area contributed by atoms with E-state index in [1.54, 1.807) is 0 Å². The van der Waals surface area contributed by atoms with Crippen LogP contribution in [0.25, 0.3) is 11.1 Å². The Kier molecular flexibility index (Phi) is 8.55. The van der Waals surface area contributed by atoms with Crippen molar-refractivity contribution in [2.45, 2.75) is 64.7 Å². The number of unbranched alkanes of at least 4 members (excludes halogenated alkanes) is 2. The minimum Gasteiger partial charge on any atom is -0.494 e. The number of allylic oxidation sites excluding steroid dienone is 1. The molecule has 0 fully saturated rings. The van der Waals surface area contributed by atoms with Crippen molar-refractivity contribution in [2.75, 3.05) is 13.2 Å². The molecule has 0 saturated carbocycles. The van der Waals surface area contributed by atoms with Crippen LogP contribution in [0, 0.1) is 0 Å². The minimum absolute atomic E-state index is 0.136. The fourth-order valence-electron chi connectivity index (χ4n) is 3.84. The molecule has 2 aromatic carbocycles. The molecule has 0 aliphatic heterocycles. The summed E-state index contributed by atoms with van der Waals surface area (Å²) in [4.78, 5) is 12.0. The van der Waals surface area contributed by atoms with Gasteiger partial charge in [-0.1, -0.05) is 69.2 Å². The number of rotatable bonds is 10. The highest BCUT2D eigenvalue weighted by Crippen LogP contribution is 2.33.